The molecule has 1 aromatic heterocycles. The predicted octanol–water partition coefficient (Wildman–Crippen LogP) is 5.58. The molecule has 248 valence electrons. The number of carbonyl (C=O) groups is 3. The summed E-state index contributed by atoms with van der Waals surface area (Å²) in [6.07, 6.45) is 2.00. The maximum atomic E-state index is 15.5. The smallest absolute Gasteiger partial charge is 0.407 e. The fourth-order valence-electron chi connectivity index (χ4n) is 5.36. The van der Waals surface area contributed by atoms with Crippen LogP contribution in [0.2, 0.25) is 0 Å². The zero-order valence-electron chi connectivity index (χ0n) is 26.9. The number of anilines is 1. The van der Waals surface area contributed by atoms with Gasteiger partial charge < -0.3 is 25.6 Å². The van der Waals surface area contributed by atoms with Gasteiger partial charge >= 0.3 is 6.09 Å². The first-order valence-corrected chi connectivity index (χ1v) is 15.7. The van der Waals surface area contributed by atoms with Gasteiger partial charge in [-0.15, -0.1) is 0 Å². The van der Waals surface area contributed by atoms with Crippen molar-refractivity contribution in [2.75, 3.05) is 31.5 Å². The van der Waals surface area contributed by atoms with Crippen molar-refractivity contribution in [3.05, 3.63) is 82.9 Å². The lowest BCUT2D eigenvalue weighted by Crippen LogP contribution is -2.43. The molecule has 0 unspecified atom stereocenters. The van der Waals surface area contributed by atoms with E-state index in [0.717, 1.165) is 18.1 Å². The first kappa shape index (κ1) is 34.8. The lowest BCUT2D eigenvalue weighted by molar-refractivity contribution is -0.132. The van der Waals surface area contributed by atoms with Crippen LogP contribution in [-0.4, -0.2) is 65.6 Å². The number of ether oxygens (including phenoxy) is 1. The molecule has 0 saturated carbocycles. The highest BCUT2D eigenvalue weighted by Crippen LogP contribution is 2.28. The van der Waals surface area contributed by atoms with E-state index in [9.17, 15) is 24.0 Å². The number of nitriles is 1. The van der Waals surface area contributed by atoms with Gasteiger partial charge in [-0.05, 0) is 76.3 Å². The molecule has 0 bridgehead atoms. The molecular formula is C35H40F2N6O4. The SMILES string of the molecule is CC(C)(C)OC(=O)NCCCC(=O)N1CCC[C@@H]1CNC(=O)c1cc(F)c(-c2ccccc2C#N)nc1NCCc1cccc(F)c1. The molecule has 2 heterocycles. The first-order chi connectivity index (χ1) is 22.4. The highest BCUT2D eigenvalue weighted by atomic mass is 19.1. The van der Waals surface area contributed by atoms with E-state index in [1.54, 1.807) is 62.1 Å². The molecule has 0 radical (unpaired) electrons. The van der Waals surface area contributed by atoms with Crippen LogP contribution in [0, 0.1) is 23.0 Å². The van der Waals surface area contributed by atoms with E-state index < -0.39 is 23.4 Å². The van der Waals surface area contributed by atoms with Crippen molar-refractivity contribution in [3.8, 4) is 17.3 Å². The number of halogens is 2. The summed E-state index contributed by atoms with van der Waals surface area (Å²) in [5, 5.41) is 18.1. The Bertz CT molecular complexity index is 1630. The zero-order chi connectivity index (χ0) is 34.0. The van der Waals surface area contributed by atoms with Crippen molar-refractivity contribution in [3.63, 3.8) is 0 Å². The molecule has 2 aromatic carbocycles. The van der Waals surface area contributed by atoms with Crippen LogP contribution in [0.25, 0.3) is 11.3 Å². The van der Waals surface area contributed by atoms with Gasteiger partial charge in [-0.3, -0.25) is 9.59 Å². The van der Waals surface area contributed by atoms with Gasteiger partial charge in [0, 0.05) is 44.2 Å². The van der Waals surface area contributed by atoms with E-state index in [4.69, 9.17) is 4.74 Å². The minimum atomic E-state index is -0.772. The largest absolute Gasteiger partial charge is 0.444 e. The average molecular weight is 647 g/mol. The predicted molar refractivity (Wildman–Crippen MR) is 173 cm³/mol. The molecule has 1 aliphatic rings. The number of amides is 3. The Morgan fingerprint density at radius 3 is 2.60 bits per heavy atom. The summed E-state index contributed by atoms with van der Waals surface area (Å²) in [5.74, 6) is -1.69. The molecule has 0 aliphatic carbocycles. The van der Waals surface area contributed by atoms with Gasteiger partial charge in [-0.25, -0.2) is 18.6 Å². The summed E-state index contributed by atoms with van der Waals surface area (Å²) in [5.41, 5.74) is 0.513. The minimum absolute atomic E-state index is 0.0379. The number of carbonyl (C=O) groups excluding carboxylic acids is 3. The van der Waals surface area contributed by atoms with Crippen LogP contribution < -0.4 is 16.0 Å². The molecule has 1 saturated heterocycles. The van der Waals surface area contributed by atoms with Gasteiger partial charge in [0.2, 0.25) is 5.91 Å². The molecule has 10 nitrogen and oxygen atoms in total. The number of alkyl carbamates (subject to hydrolysis) is 1. The monoisotopic (exact) mass is 646 g/mol. The number of rotatable bonds is 12. The summed E-state index contributed by atoms with van der Waals surface area (Å²) in [7, 11) is 0. The Morgan fingerprint density at radius 2 is 1.85 bits per heavy atom. The Kier molecular flexibility index (Phi) is 11.8. The Balaban J connectivity index is 1.43. The number of nitrogens with one attached hydrogen (secondary N) is 3. The van der Waals surface area contributed by atoms with Crippen LogP contribution in [0.1, 0.15) is 67.9 Å². The van der Waals surface area contributed by atoms with Crippen molar-refractivity contribution >= 4 is 23.7 Å². The first-order valence-electron chi connectivity index (χ1n) is 15.7. The highest BCUT2D eigenvalue weighted by molar-refractivity contribution is 5.99. The van der Waals surface area contributed by atoms with Gasteiger partial charge in [0.05, 0.1) is 17.2 Å². The van der Waals surface area contributed by atoms with E-state index in [2.05, 4.69) is 20.9 Å². The van der Waals surface area contributed by atoms with Gasteiger partial charge in [-0.1, -0.05) is 30.3 Å². The lowest BCUT2D eigenvalue weighted by Gasteiger charge is -2.25. The molecule has 4 rings (SSSR count). The minimum Gasteiger partial charge on any atom is -0.444 e. The number of hydrogen-bond donors (Lipinski definition) is 3. The molecule has 12 heteroatoms. The van der Waals surface area contributed by atoms with Crippen LogP contribution in [0.5, 0.6) is 0 Å². The second kappa shape index (κ2) is 16.0. The summed E-state index contributed by atoms with van der Waals surface area (Å²) in [6.45, 7) is 6.58. The Hall–Kier alpha value is -5.05. The van der Waals surface area contributed by atoms with E-state index in [0.29, 0.717) is 25.8 Å². The van der Waals surface area contributed by atoms with Crippen molar-refractivity contribution < 1.29 is 27.9 Å². The molecule has 0 spiro atoms. The fraction of sp³-hybridized carbons (Fsp3) is 0.400. The Morgan fingerprint density at radius 1 is 1.06 bits per heavy atom. The zero-order valence-corrected chi connectivity index (χ0v) is 26.9. The van der Waals surface area contributed by atoms with Gasteiger partial charge in [0.25, 0.3) is 5.91 Å². The number of nitrogens with zero attached hydrogens (tertiary/aromatic N) is 3. The van der Waals surface area contributed by atoms with Crippen LogP contribution >= 0.6 is 0 Å². The number of aromatic nitrogens is 1. The molecule has 1 fully saturated rings. The second-order valence-electron chi connectivity index (χ2n) is 12.3. The number of pyridine rings is 1. The highest BCUT2D eigenvalue weighted by Gasteiger charge is 2.29. The standard InChI is InChI=1S/C35H40F2N6O4/c1-35(2,3)47-34(46)40-16-7-14-30(44)43-18-8-12-26(43)22-41-33(45)28-20-29(37)31(27-13-5-4-10-24(27)21-38)42-32(28)39-17-15-23-9-6-11-25(36)19-23/h4-6,9-11,13,19-20,26H,7-8,12,14-18,22H2,1-3H3,(H,39,42)(H,40,46)(H,41,45)/t26-/m1/s1. The summed E-state index contributed by atoms with van der Waals surface area (Å²) in [4.78, 5) is 44.5. The average Bonchev–Trinajstić information content (AvgIpc) is 3.50. The van der Waals surface area contributed by atoms with Crippen LogP contribution in [0.15, 0.2) is 54.6 Å². The van der Waals surface area contributed by atoms with Gasteiger partial charge in [0.15, 0.2) is 0 Å². The molecular weight excluding hydrogens is 606 g/mol. The number of likely N-dealkylation sites (tertiary alicyclic amines) is 1. The maximum Gasteiger partial charge on any atom is 0.407 e. The van der Waals surface area contributed by atoms with Crippen LogP contribution in [-0.2, 0) is 16.0 Å². The van der Waals surface area contributed by atoms with E-state index in [-0.39, 0.29) is 72.0 Å². The normalized spacial score (nSPS) is 14.3. The fourth-order valence-corrected chi connectivity index (χ4v) is 5.36. The lowest BCUT2D eigenvalue weighted by atomic mass is 10.0. The van der Waals surface area contributed by atoms with Crippen molar-refractivity contribution in [2.24, 2.45) is 0 Å². The van der Waals surface area contributed by atoms with Crippen LogP contribution in [0.4, 0.5) is 19.4 Å². The second-order valence-corrected chi connectivity index (χ2v) is 12.3. The quantitative estimate of drug-likeness (QED) is 0.219. The molecule has 3 amide bonds. The van der Waals surface area contributed by atoms with Gasteiger partial charge in [-0.2, -0.15) is 5.26 Å². The number of hydrogen-bond acceptors (Lipinski definition) is 7. The van der Waals surface area contributed by atoms with E-state index >= 15 is 4.39 Å². The molecule has 3 aromatic rings. The number of benzene rings is 2. The van der Waals surface area contributed by atoms with Crippen molar-refractivity contribution in [1.82, 2.24) is 20.5 Å². The third-order valence-corrected chi connectivity index (χ3v) is 7.55. The molecule has 47 heavy (non-hydrogen) atoms. The van der Waals surface area contributed by atoms with Gasteiger partial charge in [0.1, 0.15) is 28.7 Å². The van der Waals surface area contributed by atoms with Crippen molar-refractivity contribution in [2.45, 2.75) is 64.5 Å². The topological polar surface area (TPSA) is 136 Å². The third-order valence-electron chi connectivity index (χ3n) is 7.55. The molecule has 3 N–H and O–H groups in total. The Labute approximate surface area is 273 Å². The molecule has 1 atom stereocenters. The van der Waals surface area contributed by atoms with E-state index in [1.165, 1.54) is 12.1 Å². The summed E-state index contributed by atoms with van der Waals surface area (Å²) < 4.78 is 34.4. The molecule has 1 aliphatic heterocycles. The summed E-state index contributed by atoms with van der Waals surface area (Å²) >= 11 is 0. The summed E-state index contributed by atoms with van der Waals surface area (Å²) in [6, 6.07) is 15.5. The van der Waals surface area contributed by atoms with Crippen LogP contribution in [0.3, 0.4) is 0 Å². The van der Waals surface area contributed by atoms with E-state index in [1.807, 2.05) is 6.07 Å². The third kappa shape index (κ3) is 9.97. The van der Waals surface area contributed by atoms with Crippen molar-refractivity contribution in [1.29, 1.82) is 5.26 Å². The maximum absolute atomic E-state index is 15.5.